The van der Waals surface area contributed by atoms with Gasteiger partial charge in [-0.05, 0) is 25.2 Å². The third kappa shape index (κ3) is 3.62. The predicted molar refractivity (Wildman–Crippen MR) is 83.8 cm³/mol. The predicted octanol–water partition coefficient (Wildman–Crippen LogP) is 2.83. The van der Waals surface area contributed by atoms with Gasteiger partial charge in [0.25, 0.3) is 0 Å². The van der Waals surface area contributed by atoms with Crippen LogP contribution in [-0.2, 0) is 6.54 Å². The molecule has 0 aliphatic carbocycles. The number of benzene rings is 1. The van der Waals surface area contributed by atoms with Crippen molar-refractivity contribution in [2.75, 3.05) is 20.2 Å². The molecule has 20 heavy (non-hydrogen) atoms. The van der Waals surface area contributed by atoms with Crippen LogP contribution in [0.1, 0.15) is 4.88 Å². The number of hydrogen-bond acceptors (Lipinski definition) is 4. The van der Waals surface area contributed by atoms with E-state index in [2.05, 4.69) is 4.98 Å². The van der Waals surface area contributed by atoms with Gasteiger partial charge in [0, 0.05) is 28.6 Å². The Labute approximate surface area is 130 Å². The number of aromatic nitrogens is 1. The quantitative estimate of drug-likeness (QED) is 0.885. The maximum atomic E-state index is 11.6. The number of aliphatic hydroxyl groups excluding tert-OH is 1. The van der Waals surface area contributed by atoms with Gasteiger partial charge >= 0.3 is 4.87 Å². The molecule has 1 heterocycles. The van der Waals surface area contributed by atoms with Gasteiger partial charge in [-0.1, -0.05) is 34.5 Å². The van der Waals surface area contributed by atoms with Crippen molar-refractivity contribution in [3.63, 3.8) is 0 Å². The molecule has 108 valence electrons. The minimum absolute atomic E-state index is 0.0762. The van der Waals surface area contributed by atoms with Gasteiger partial charge in [0.2, 0.25) is 0 Å². The minimum atomic E-state index is -0.126. The molecule has 2 N–H and O–H groups in total. The maximum absolute atomic E-state index is 11.6. The van der Waals surface area contributed by atoms with Crippen LogP contribution in [0, 0.1) is 0 Å². The Kier molecular flexibility index (Phi) is 5.23. The average molecular weight is 333 g/mol. The van der Waals surface area contributed by atoms with Crippen molar-refractivity contribution >= 4 is 34.5 Å². The first-order valence-electron chi connectivity index (χ1n) is 5.98. The third-order valence-electron chi connectivity index (χ3n) is 2.82. The topological polar surface area (TPSA) is 56.3 Å². The van der Waals surface area contributed by atoms with Crippen molar-refractivity contribution in [1.82, 2.24) is 9.88 Å². The number of nitrogens with zero attached hydrogens (tertiary/aromatic N) is 1. The van der Waals surface area contributed by atoms with Crippen LogP contribution in [0.5, 0.6) is 0 Å². The lowest BCUT2D eigenvalue weighted by Crippen LogP contribution is -2.21. The molecule has 0 bridgehead atoms. The fourth-order valence-electron chi connectivity index (χ4n) is 1.88. The zero-order chi connectivity index (χ0) is 14.7. The van der Waals surface area contributed by atoms with Gasteiger partial charge in [0.1, 0.15) is 0 Å². The number of rotatable bonds is 5. The molecule has 0 aliphatic rings. The number of likely N-dealkylation sites (N-methyl/N-ethyl adjacent to an activating group) is 1. The first-order valence-corrected chi connectivity index (χ1v) is 7.55. The number of halogens is 2. The molecule has 4 nitrogen and oxygen atoms in total. The second kappa shape index (κ2) is 6.74. The Morgan fingerprint density at radius 3 is 2.80 bits per heavy atom. The molecule has 0 saturated heterocycles. The molecule has 0 fully saturated rings. The molecule has 0 amide bonds. The van der Waals surface area contributed by atoms with Crippen molar-refractivity contribution in [3.8, 4) is 11.3 Å². The van der Waals surface area contributed by atoms with Crippen molar-refractivity contribution < 1.29 is 5.11 Å². The Hall–Kier alpha value is -0.850. The second-order valence-corrected chi connectivity index (χ2v) is 6.31. The molecule has 2 rings (SSSR count). The highest BCUT2D eigenvalue weighted by atomic mass is 35.5. The lowest BCUT2D eigenvalue weighted by Gasteiger charge is -2.15. The van der Waals surface area contributed by atoms with Crippen LogP contribution in [0.3, 0.4) is 0 Å². The standard InChI is InChI=1S/C13H14Cl2N2O2S/c1-17(4-5-18)7-11-12(16-13(19)20-11)9-3-2-8(14)6-10(9)15/h2-3,6,18H,4-5,7H2,1H3,(H,16,19). The van der Waals surface area contributed by atoms with E-state index >= 15 is 0 Å². The van der Waals surface area contributed by atoms with E-state index in [4.69, 9.17) is 28.3 Å². The van der Waals surface area contributed by atoms with Crippen LogP contribution in [0.2, 0.25) is 10.0 Å². The second-order valence-electron chi connectivity index (χ2n) is 4.40. The van der Waals surface area contributed by atoms with E-state index in [-0.39, 0.29) is 11.5 Å². The molecule has 2 aromatic rings. The van der Waals surface area contributed by atoms with Gasteiger partial charge in [-0.3, -0.25) is 9.69 Å². The lowest BCUT2D eigenvalue weighted by atomic mass is 10.1. The van der Waals surface area contributed by atoms with Gasteiger partial charge in [-0.2, -0.15) is 0 Å². The summed E-state index contributed by atoms with van der Waals surface area (Å²) in [5.41, 5.74) is 1.47. The van der Waals surface area contributed by atoms with E-state index in [1.165, 1.54) is 0 Å². The van der Waals surface area contributed by atoms with Crippen LogP contribution >= 0.6 is 34.5 Å². The maximum Gasteiger partial charge on any atom is 0.305 e. The minimum Gasteiger partial charge on any atom is -0.395 e. The highest BCUT2D eigenvalue weighted by Crippen LogP contribution is 2.32. The molecule has 0 saturated carbocycles. The zero-order valence-electron chi connectivity index (χ0n) is 10.8. The zero-order valence-corrected chi connectivity index (χ0v) is 13.1. The van der Waals surface area contributed by atoms with E-state index in [0.717, 1.165) is 21.8 Å². The van der Waals surface area contributed by atoms with Crippen molar-refractivity contribution in [2.45, 2.75) is 6.54 Å². The Balaban J connectivity index is 2.39. The lowest BCUT2D eigenvalue weighted by molar-refractivity contribution is 0.218. The summed E-state index contributed by atoms with van der Waals surface area (Å²) in [5.74, 6) is 0. The summed E-state index contributed by atoms with van der Waals surface area (Å²) in [5, 5.41) is 9.99. The van der Waals surface area contributed by atoms with E-state index < -0.39 is 0 Å². The SMILES string of the molecule is CN(CCO)Cc1sc(=O)[nH]c1-c1ccc(Cl)cc1Cl. The molecule has 0 unspecified atom stereocenters. The number of hydrogen-bond donors (Lipinski definition) is 2. The van der Waals surface area contributed by atoms with Gasteiger partial charge in [0.15, 0.2) is 0 Å². The summed E-state index contributed by atoms with van der Waals surface area (Å²) in [6.07, 6.45) is 0. The number of thiazole rings is 1. The fraction of sp³-hybridized carbons (Fsp3) is 0.308. The third-order valence-corrected chi connectivity index (χ3v) is 4.23. The summed E-state index contributed by atoms with van der Waals surface area (Å²) < 4.78 is 0. The first-order chi connectivity index (χ1) is 9.51. The van der Waals surface area contributed by atoms with E-state index in [1.807, 2.05) is 11.9 Å². The van der Waals surface area contributed by atoms with Gasteiger partial charge in [-0.15, -0.1) is 0 Å². The fourth-order valence-corrected chi connectivity index (χ4v) is 3.30. The van der Waals surface area contributed by atoms with Gasteiger partial charge < -0.3 is 10.1 Å². The van der Waals surface area contributed by atoms with E-state index in [9.17, 15) is 4.79 Å². The largest absolute Gasteiger partial charge is 0.395 e. The summed E-state index contributed by atoms with van der Waals surface area (Å²) >= 11 is 13.2. The van der Waals surface area contributed by atoms with Crippen molar-refractivity contribution in [2.24, 2.45) is 0 Å². The van der Waals surface area contributed by atoms with Crippen LogP contribution in [0.15, 0.2) is 23.0 Å². The van der Waals surface area contributed by atoms with Crippen LogP contribution in [0.25, 0.3) is 11.3 Å². The normalized spacial score (nSPS) is 11.2. The number of H-pyrrole nitrogens is 1. The summed E-state index contributed by atoms with van der Waals surface area (Å²) in [4.78, 5) is 17.1. The van der Waals surface area contributed by atoms with Crippen molar-refractivity contribution in [3.05, 3.63) is 42.8 Å². The highest BCUT2D eigenvalue weighted by Gasteiger charge is 2.15. The number of nitrogens with one attached hydrogen (secondary N) is 1. The summed E-state index contributed by atoms with van der Waals surface area (Å²) in [6, 6.07) is 5.17. The van der Waals surface area contributed by atoms with Crippen LogP contribution < -0.4 is 4.87 Å². The molecule has 0 radical (unpaired) electrons. The monoisotopic (exact) mass is 332 g/mol. The van der Waals surface area contributed by atoms with Gasteiger partial charge in [-0.25, -0.2) is 0 Å². The molecule has 0 aliphatic heterocycles. The molecule has 0 atom stereocenters. The Bertz CT molecular complexity index is 654. The number of aromatic amines is 1. The van der Waals surface area contributed by atoms with Gasteiger partial charge in [0.05, 0.1) is 17.3 Å². The summed E-state index contributed by atoms with van der Waals surface area (Å²) in [7, 11) is 1.88. The molecule has 7 heteroatoms. The molecule has 0 spiro atoms. The molecule has 1 aromatic heterocycles. The molecule has 1 aromatic carbocycles. The van der Waals surface area contributed by atoms with E-state index in [0.29, 0.717) is 28.8 Å². The van der Waals surface area contributed by atoms with Crippen LogP contribution in [-0.4, -0.2) is 35.2 Å². The Morgan fingerprint density at radius 1 is 1.40 bits per heavy atom. The van der Waals surface area contributed by atoms with Crippen molar-refractivity contribution in [1.29, 1.82) is 0 Å². The van der Waals surface area contributed by atoms with E-state index in [1.54, 1.807) is 18.2 Å². The highest BCUT2D eigenvalue weighted by molar-refractivity contribution is 7.09. The number of aliphatic hydroxyl groups is 1. The molecular weight excluding hydrogens is 319 g/mol. The van der Waals surface area contributed by atoms with Crippen LogP contribution in [0.4, 0.5) is 0 Å². The average Bonchev–Trinajstić information content (AvgIpc) is 2.70. The first kappa shape index (κ1) is 15.5. The Morgan fingerprint density at radius 2 is 2.15 bits per heavy atom. The smallest absolute Gasteiger partial charge is 0.305 e. The molecular formula is C13H14Cl2N2O2S. The summed E-state index contributed by atoms with van der Waals surface area (Å²) in [6.45, 7) is 1.19.